The Balaban J connectivity index is 2.21. The zero-order valence-electron chi connectivity index (χ0n) is 10.1. The van der Waals surface area contributed by atoms with E-state index in [0.717, 1.165) is 6.42 Å². The molecule has 3 aliphatic rings. The van der Waals surface area contributed by atoms with Crippen LogP contribution in [0.3, 0.4) is 0 Å². The van der Waals surface area contributed by atoms with Crippen molar-refractivity contribution in [3.05, 3.63) is 11.6 Å². The quantitative estimate of drug-likeness (QED) is 0.603. The lowest BCUT2D eigenvalue weighted by Gasteiger charge is -2.45. The van der Waals surface area contributed by atoms with Crippen molar-refractivity contribution in [2.75, 3.05) is 0 Å². The van der Waals surface area contributed by atoms with Crippen LogP contribution in [0.15, 0.2) is 11.6 Å². The van der Waals surface area contributed by atoms with Gasteiger partial charge >= 0.3 is 0 Å². The molecule has 1 N–H and O–H groups in total. The zero-order valence-corrected chi connectivity index (χ0v) is 10.1. The highest BCUT2D eigenvalue weighted by Crippen LogP contribution is 2.76. The van der Waals surface area contributed by atoms with E-state index in [2.05, 4.69) is 26.8 Å². The molecule has 0 radical (unpaired) electrons. The van der Waals surface area contributed by atoms with Crippen LogP contribution < -0.4 is 0 Å². The Morgan fingerprint density at radius 3 is 2.73 bits per heavy atom. The highest BCUT2D eigenvalue weighted by molar-refractivity contribution is 5.36. The van der Waals surface area contributed by atoms with Gasteiger partial charge < -0.3 is 5.11 Å². The molecule has 2 saturated carbocycles. The molecule has 0 unspecified atom stereocenters. The van der Waals surface area contributed by atoms with Crippen LogP contribution in [0.25, 0.3) is 0 Å². The van der Waals surface area contributed by atoms with E-state index >= 15 is 0 Å². The van der Waals surface area contributed by atoms with Gasteiger partial charge in [-0.15, -0.1) is 0 Å². The summed E-state index contributed by atoms with van der Waals surface area (Å²) in [6.45, 7) is 6.99. The SMILES string of the molecule is CC1=CC[C@]23CCC[C@@]12[C@@H](O)CC3(C)C. The Kier molecular flexibility index (Phi) is 1.65. The molecule has 15 heavy (non-hydrogen) atoms. The zero-order chi connectivity index (χ0) is 10.9. The van der Waals surface area contributed by atoms with Crippen LogP contribution in [0.5, 0.6) is 0 Å². The second kappa shape index (κ2) is 2.51. The monoisotopic (exact) mass is 206 g/mol. The van der Waals surface area contributed by atoms with Gasteiger partial charge in [-0.05, 0) is 43.4 Å². The molecule has 2 fully saturated rings. The molecule has 0 aromatic rings. The maximum atomic E-state index is 10.5. The van der Waals surface area contributed by atoms with Crippen molar-refractivity contribution in [3.8, 4) is 0 Å². The van der Waals surface area contributed by atoms with Gasteiger partial charge in [0, 0.05) is 5.41 Å². The maximum Gasteiger partial charge on any atom is 0.0644 e. The average molecular weight is 206 g/mol. The topological polar surface area (TPSA) is 20.2 Å². The van der Waals surface area contributed by atoms with Crippen molar-refractivity contribution in [2.24, 2.45) is 16.2 Å². The molecule has 3 rings (SSSR count). The summed E-state index contributed by atoms with van der Waals surface area (Å²) in [6, 6.07) is 0. The molecular formula is C14H22O. The first-order valence-corrected chi connectivity index (χ1v) is 6.32. The molecule has 84 valence electrons. The number of aliphatic hydroxyl groups excluding tert-OH is 1. The van der Waals surface area contributed by atoms with E-state index in [9.17, 15) is 5.11 Å². The largest absolute Gasteiger partial charge is 0.392 e. The van der Waals surface area contributed by atoms with E-state index in [1.807, 2.05) is 0 Å². The molecule has 3 atom stereocenters. The first-order valence-electron chi connectivity index (χ1n) is 6.32. The molecular weight excluding hydrogens is 184 g/mol. The lowest BCUT2D eigenvalue weighted by atomic mass is 9.59. The van der Waals surface area contributed by atoms with E-state index < -0.39 is 0 Å². The summed E-state index contributed by atoms with van der Waals surface area (Å²) < 4.78 is 0. The van der Waals surface area contributed by atoms with Crippen molar-refractivity contribution in [2.45, 2.75) is 59.0 Å². The van der Waals surface area contributed by atoms with Gasteiger partial charge in [0.1, 0.15) is 0 Å². The molecule has 1 heteroatoms. The summed E-state index contributed by atoms with van der Waals surface area (Å²) in [6.07, 6.45) is 8.38. The van der Waals surface area contributed by atoms with Crippen molar-refractivity contribution in [3.63, 3.8) is 0 Å². The lowest BCUT2D eigenvalue weighted by molar-refractivity contribution is 0.0160. The second-order valence-corrected chi connectivity index (χ2v) is 6.60. The summed E-state index contributed by atoms with van der Waals surface area (Å²) in [5.41, 5.74) is 2.36. The predicted octanol–water partition coefficient (Wildman–Crippen LogP) is 3.28. The van der Waals surface area contributed by atoms with Gasteiger partial charge in [0.05, 0.1) is 6.10 Å². The van der Waals surface area contributed by atoms with E-state index in [-0.39, 0.29) is 11.5 Å². The summed E-state index contributed by atoms with van der Waals surface area (Å²) >= 11 is 0. The summed E-state index contributed by atoms with van der Waals surface area (Å²) in [7, 11) is 0. The van der Waals surface area contributed by atoms with Crippen LogP contribution in [0.4, 0.5) is 0 Å². The number of rotatable bonds is 0. The van der Waals surface area contributed by atoms with Crippen molar-refractivity contribution in [1.29, 1.82) is 0 Å². The third kappa shape index (κ3) is 0.791. The van der Waals surface area contributed by atoms with Crippen molar-refractivity contribution >= 4 is 0 Å². The molecule has 1 nitrogen and oxygen atoms in total. The third-order valence-electron chi connectivity index (χ3n) is 6.06. The van der Waals surface area contributed by atoms with Crippen LogP contribution in [-0.4, -0.2) is 11.2 Å². The molecule has 0 saturated heterocycles. The molecule has 0 aromatic carbocycles. The fraction of sp³-hybridized carbons (Fsp3) is 0.857. The summed E-state index contributed by atoms with van der Waals surface area (Å²) in [5.74, 6) is 0. The maximum absolute atomic E-state index is 10.5. The minimum Gasteiger partial charge on any atom is -0.392 e. The highest BCUT2D eigenvalue weighted by Gasteiger charge is 2.71. The van der Waals surface area contributed by atoms with Crippen LogP contribution >= 0.6 is 0 Å². The van der Waals surface area contributed by atoms with E-state index in [0.29, 0.717) is 10.8 Å². The van der Waals surface area contributed by atoms with Crippen LogP contribution in [0.2, 0.25) is 0 Å². The smallest absolute Gasteiger partial charge is 0.0644 e. The predicted molar refractivity (Wildman–Crippen MR) is 61.5 cm³/mol. The van der Waals surface area contributed by atoms with Crippen molar-refractivity contribution < 1.29 is 5.11 Å². The average Bonchev–Trinajstić information content (AvgIpc) is 2.68. The number of aliphatic hydroxyl groups is 1. The standard InChI is InChI=1S/C14H22O/c1-10-5-8-13-6-4-7-14(10,13)11(15)9-12(13,2)3/h5,11,15H,4,6-9H2,1-3H3/t11-,13-,14-/m0/s1. The van der Waals surface area contributed by atoms with E-state index in [4.69, 9.17) is 0 Å². The van der Waals surface area contributed by atoms with E-state index in [1.165, 1.54) is 31.3 Å². The molecule has 0 amide bonds. The number of hydrogen-bond acceptors (Lipinski definition) is 1. The molecule has 0 bridgehead atoms. The lowest BCUT2D eigenvalue weighted by Crippen LogP contribution is -2.41. The van der Waals surface area contributed by atoms with Crippen LogP contribution in [0, 0.1) is 16.2 Å². The first-order chi connectivity index (χ1) is 6.96. The normalized spacial score (nSPS) is 51.5. The van der Waals surface area contributed by atoms with Gasteiger partial charge in [-0.3, -0.25) is 0 Å². The molecule has 0 spiro atoms. The number of allylic oxidation sites excluding steroid dienone is 1. The Hall–Kier alpha value is -0.300. The highest BCUT2D eigenvalue weighted by atomic mass is 16.3. The summed E-state index contributed by atoms with van der Waals surface area (Å²) in [4.78, 5) is 0. The fourth-order valence-corrected chi connectivity index (χ4v) is 5.32. The Morgan fingerprint density at radius 1 is 1.33 bits per heavy atom. The molecule has 0 heterocycles. The van der Waals surface area contributed by atoms with Gasteiger partial charge in [0.25, 0.3) is 0 Å². The van der Waals surface area contributed by atoms with Gasteiger partial charge in [-0.25, -0.2) is 0 Å². The minimum absolute atomic E-state index is 0.0891. The Bertz CT molecular complexity index is 341. The van der Waals surface area contributed by atoms with Gasteiger partial charge in [-0.1, -0.05) is 31.9 Å². The van der Waals surface area contributed by atoms with Crippen LogP contribution in [0.1, 0.15) is 52.9 Å². The van der Waals surface area contributed by atoms with E-state index in [1.54, 1.807) is 0 Å². The van der Waals surface area contributed by atoms with Gasteiger partial charge in [0.2, 0.25) is 0 Å². The first kappa shape index (κ1) is 9.89. The summed E-state index contributed by atoms with van der Waals surface area (Å²) in [5, 5.41) is 10.5. The molecule has 0 aromatic heterocycles. The minimum atomic E-state index is -0.0891. The third-order valence-corrected chi connectivity index (χ3v) is 6.06. The van der Waals surface area contributed by atoms with Crippen molar-refractivity contribution in [1.82, 2.24) is 0 Å². The Labute approximate surface area is 92.6 Å². The second-order valence-electron chi connectivity index (χ2n) is 6.60. The molecule has 0 aliphatic heterocycles. The van der Waals surface area contributed by atoms with Gasteiger partial charge in [0.15, 0.2) is 0 Å². The van der Waals surface area contributed by atoms with Crippen LogP contribution in [-0.2, 0) is 0 Å². The molecule has 3 aliphatic carbocycles. The number of hydrogen-bond donors (Lipinski definition) is 1. The Morgan fingerprint density at radius 2 is 2.07 bits per heavy atom. The van der Waals surface area contributed by atoms with Gasteiger partial charge in [-0.2, -0.15) is 0 Å². The fourth-order valence-electron chi connectivity index (χ4n) is 5.32.